The van der Waals surface area contributed by atoms with Crippen molar-refractivity contribution in [2.24, 2.45) is 0 Å². The van der Waals surface area contributed by atoms with Crippen LogP contribution in [0, 0.1) is 25.5 Å². The van der Waals surface area contributed by atoms with E-state index in [1.807, 2.05) is 11.1 Å². The highest BCUT2D eigenvalue weighted by molar-refractivity contribution is 5.38. The number of halogens is 2. The van der Waals surface area contributed by atoms with Gasteiger partial charge in [0.05, 0.1) is 7.11 Å². The van der Waals surface area contributed by atoms with Crippen molar-refractivity contribution in [2.45, 2.75) is 51.5 Å². The molecular weight excluding hydrogens is 332 g/mol. The van der Waals surface area contributed by atoms with E-state index < -0.39 is 11.6 Å². The average molecular weight is 359 g/mol. The molecule has 140 valence electrons. The molecule has 0 heterocycles. The van der Waals surface area contributed by atoms with Crippen LogP contribution in [0.5, 0.6) is 0 Å². The van der Waals surface area contributed by atoms with Crippen molar-refractivity contribution in [1.29, 1.82) is 0 Å². The van der Waals surface area contributed by atoms with Gasteiger partial charge < -0.3 is 4.84 Å². The lowest BCUT2D eigenvalue weighted by Crippen LogP contribution is -2.42. The van der Waals surface area contributed by atoms with Crippen molar-refractivity contribution in [1.82, 2.24) is 5.06 Å². The molecule has 0 saturated heterocycles. The van der Waals surface area contributed by atoms with Gasteiger partial charge in [-0.25, -0.2) is 8.78 Å². The fourth-order valence-electron chi connectivity index (χ4n) is 3.97. The summed E-state index contributed by atoms with van der Waals surface area (Å²) in [4.78, 5) is 5.63. The van der Waals surface area contributed by atoms with E-state index >= 15 is 0 Å². The molecule has 0 radical (unpaired) electrons. The fourth-order valence-corrected chi connectivity index (χ4v) is 3.97. The zero-order chi connectivity index (χ0) is 18.7. The molecule has 4 heteroatoms. The van der Waals surface area contributed by atoms with Crippen LogP contribution in [-0.4, -0.2) is 24.8 Å². The van der Waals surface area contributed by atoms with E-state index in [0.29, 0.717) is 19.0 Å². The minimum atomic E-state index is -0.478. The van der Waals surface area contributed by atoms with Crippen LogP contribution in [0.25, 0.3) is 0 Å². The molecule has 1 atom stereocenters. The van der Waals surface area contributed by atoms with E-state index in [2.05, 4.69) is 26.0 Å². The normalized spacial score (nSPS) is 15.9. The van der Waals surface area contributed by atoms with Gasteiger partial charge in [0.25, 0.3) is 0 Å². The van der Waals surface area contributed by atoms with E-state index in [4.69, 9.17) is 4.84 Å². The van der Waals surface area contributed by atoms with Crippen LogP contribution < -0.4 is 0 Å². The van der Waals surface area contributed by atoms with Crippen LogP contribution >= 0.6 is 0 Å². The van der Waals surface area contributed by atoms with Crippen LogP contribution in [0.2, 0.25) is 0 Å². The highest BCUT2D eigenvalue weighted by atomic mass is 19.1. The Morgan fingerprint density at radius 3 is 2.12 bits per heavy atom. The predicted octanol–water partition coefficient (Wildman–Crippen LogP) is 5.32. The minimum absolute atomic E-state index is 0.0388. The molecule has 0 spiro atoms. The maximum atomic E-state index is 14.3. The first-order chi connectivity index (χ1) is 12.5. The molecule has 2 aromatic rings. The molecule has 1 unspecified atom stereocenters. The molecule has 26 heavy (non-hydrogen) atoms. The fraction of sp³-hybridized carbons (Fsp3) is 0.455. The van der Waals surface area contributed by atoms with Gasteiger partial charge in [0.2, 0.25) is 0 Å². The van der Waals surface area contributed by atoms with Gasteiger partial charge in [-0.15, -0.1) is 0 Å². The van der Waals surface area contributed by atoms with Gasteiger partial charge in [0.1, 0.15) is 11.6 Å². The quantitative estimate of drug-likeness (QED) is 0.620. The van der Waals surface area contributed by atoms with Crippen LogP contribution in [0.3, 0.4) is 0 Å². The summed E-state index contributed by atoms with van der Waals surface area (Å²) in [5.74, 6) is -0.995. The molecule has 2 aromatic carbocycles. The number of hydrogen-bond donors (Lipinski definition) is 0. The predicted molar refractivity (Wildman–Crippen MR) is 100 cm³/mol. The standard InChI is InChI=1S/C22H27F2NO/c1-15-7-4-8-16(2)22(15)17(14-25(26-3)18-9-5-10-18)13-19-20(23)11-6-12-21(19)24/h4,6-8,11-12,17-18H,5,9-10,13-14H2,1-3H3. The first-order valence-electron chi connectivity index (χ1n) is 9.31. The summed E-state index contributed by atoms with van der Waals surface area (Å²) >= 11 is 0. The van der Waals surface area contributed by atoms with Crippen molar-refractivity contribution in [3.05, 3.63) is 70.3 Å². The molecule has 1 aliphatic carbocycles. The van der Waals surface area contributed by atoms with Crippen molar-refractivity contribution in [3.63, 3.8) is 0 Å². The van der Waals surface area contributed by atoms with Gasteiger partial charge >= 0.3 is 0 Å². The number of hydrogen-bond acceptors (Lipinski definition) is 2. The molecule has 0 aromatic heterocycles. The maximum absolute atomic E-state index is 14.3. The number of aryl methyl sites for hydroxylation is 2. The molecule has 1 fully saturated rings. The molecular formula is C22H27F2NO. The summed E-state index contributed by atoms with van der Waals surface area (Å²) in [5.41, 5.74) is 3.62. The highest BCUT2D eigenvalue weighted by Gasteiger charge is 2.30. The molecule has 1 aliphatic rings. The lowest BCUT2D eigenvalue weighted by molar-refractivity contribution is -0.181. The SMILES string of the molecule is CON(CC(Cc1c(F)cccc1F)c1c(C)cccc1C)C1CCC1. The zero-order valence-corrected chi connectivity index (χ0v) is 15.8. The van der Waals surface area contributed by atoms with Crippen molar-refractivity contribution < 1.29 is 13.6 Å². The summed E-state index contributed by atoms with van der Waals surface area (Å²) in [6, 6.07) is 10.6. The van der Waals surface area contributed by atoms with Gasteiger partial charge in [-0.05, 0) is 61.9 Å². The Kier molecular flexibility index (Phi) is 6.05. The van der Waals surface area contributed by atoms with E-state index in [9.17, 15) is 8.78 Å². The summed E-state index contributed by atoms with van der Waals surface area (Å²) in [6.45, 7) is 4.75. The number of benzene rings is 2. The first kappa shape index (κ1) is 19.0. The first-order valence-corrected chi connectivity index (χ1v) is 9.31. The second-order valence-corrected chi connectivity index (χ2v) is 7.27. The average Bonchev–Trinajstić information content (AvgIpc) is 2.55. The van der Waals surface area contributed by atoms with E-state index in [-0.39, 0.29) is 11.5 Å². The highest BCUT2D eigenvalue weighted by Crippen LogP contribution is 2.33. The molecule has 3 rings (SSSR count). The number of hydroxylamine groups is 2. The van der Waals surface area contributed by atoms with Gasteiger partial charge in [-0.2, -0.15) is 5.06 Å². The maximum Gasteiger partial charge on any atom is 0.129 e. The second kappa shape index (κ2) is 8.28. The summed E-state index contributed by atoms with van der Waals surface area (Å²) in [6.07, 6.45) is 3.75. The Labute approximate surface area is 154 Å². The second-order valence-electron chi connectivity index (χ2n) is 7.27. The summed E-state index contributed by atoms with van der Waals surface area (Å²) in [5, 5.41) is 2.00. The Hall–Kier alpha value is -1.78. The topological polar surface area (TPSA) is 12.5 Å². The van der Waals surface area contributed by atoms with Gasteiger partial charge in [-0.1, -0.05) is 30.7 Å². The minimum Gasteiger partial charge on any atom is -0.302 e. The van der Waals surface area contributed by atoms with Crippen molar-refractivity contribution in [3.8, 4) is 0 Å². The van der Waals surface area contributed by atoms with E-state index in [1.165, 1.54) is 24.6 Å². The van der Waals surface area contributed by atoms with Crippen LogP contribution in [0.4, 0.5) is 8.78 Å². The summed E-state index contributed by atoms with van der Waals surface area (Å²) in [7, 11) is 1.68. The smallest absolute Gasteiger partial charge is 0.129 e. The van der Waals surface area contributed by atoms with Crippen molar-refractivity contribution in [2.75, 3.05) is 13.7 Å². The summed E-state index contributed by atoms with van der Waals surface area (Å²) < 4.78 is 28.6. The van der Waals surface area contributed by atoms with Gasteiger partial charge in [0, 0.05) is 24.1 Å². The van der Waals surface area contributed by atoms with Crippen molar-refractivity contribution >= 4 is 0 Å². The van der Waals surface area contributed by atoms with Gasteiger partial charge in [0.15, 0.2) is 0 Å². The molecule has 2 nitrogen and oxygen atoms in total. The zero-order valence-electron chi connectivity index (χ0n) is 15.8. The Morgan fingerprint density at radius 2 is 1.62 bits per heavy atom. The molecule has 0 aliphatic heterocycles. The monoisotopic (exact) mass is 359 g/mol. The van der Waals surface area contributed by atoms with Crippen LogP contribution in [0.15, 0.2) is 36.4 Å². The molecule has 1 saturated carbocycles. The third-order valence-corrected chi connectivity index (χ3v) is 5.58. The van der Waals surface area contributed by atoms with Gasteiger partial charge in [-0.3, -0.25) is 0 Å². The Bertz CT molecular complexity index is 717. The van der Waals surface area contributed by atoms with E-state index in [0.717, 1.165) is 29.5 Å². The number of rotatable bonds is 7. The lowest BCUT2D eigenvalue weighted by atomic mass is 9.84. The van der Waals surface area contributed by atoms with Crippen LogP contribution in [-0.2, 0) is 11.3 Å². The molecule has 0 amide bonds. The Balaban J connectivity index is 1.95. The molecule has 0 bridgehead atoms. The lowest BCUT2D eigenvalue weighted by Gasteiger charge is -2.38. The number of nitrogens with zero attached hydrogens (tertiary/aromatic N) is 1. The largest absolute Gasteiger partial charge is 0.302 e. The van der Waals surface area contributed by atoms with Crippen LogP contribution in [0.1, 0.15) is 47.4 Å². The third-order valence-electron chi connectivity index (χ3n) is 5.58. The third kappa shape index (κ3) is 3.97. The molecule has 0 N–H and O–H groups in total. The van der Waals surface area contributed by atoms with E-state index in [1.54, 1.807) is 7.11 Å². The Morgan fingerprint density at radius 1 is 1.04 bits per heavy atom.